The van der Waals surface area contributed by atoms with Crippen LogP contribution in [0.1, 0.15) is 38.3 Å². The molecule has 0 heterocycles. The van der Waals surface area contributed by atoms with Crippen LogP contribution in [0.15, 0.2) is 18.2 Å². The Kier molecular flexibility index (Phi) is 4.80. The summed E-state index contributed by atoms with van der Waals surface area (Å²) in [4.78, 5) is 0. The lowest BCUT2D eigenvalue weighted by molar-refractivity contribution is 0.413. The molecule has 0 saturated heterocycles. The van der Waals surface area contributed by atoms with E-state index in [1.54, 1.807) is 13.2 Å². The first-order chi connectivity index (χ1) is 7.83. The van der Waals surface area contributed by atoms with Gasteiger partial charge in [-0.2, -0.15) is 0 Å². The van der Waals surface area contributed by atoms with Crippen LogP contribution in [0.4, 0.5) is 0 Å². The molecule has 0 aliphatic carbocycles. The van der Waals surface area contributed by atoms with E-state index in [9.17, 15) is 0 Å². The van der Waals surface area contributed by atoms with Crippen LogP contribution < -0.4 is 16.2 Å². The van der Waals surface area contributed by atoms with Crippen molar-refractivity contribution in [1.82, 2.24) is 0 Å². The van der Waals surface area contributed by atoms with Gasteiger partial charge >= 0.3 is 0 Å². The van der Waals surface area contributed by atoms with E-state index in [1.165, 1.54) is 0 Å². The zero-order chi connectivity index (χ0) is 13.1. The maximum absolute atomic E-state index is 6.16. The number of methoxy groups -OCH3 is 1. The van der Waals surface area contributed by atoms with Gasteiger partial charge in [0, 0.05) is 16.6 Å². The molecule has 0 spiro atoms. The van der Waals surface area contributed by atoms with Crippen LogP contribution in [0, 0.1) is 0 Å². The summed E-state index contributed by atoms with van der Waals surface area (Å²) in [6.07, 6.45) is 1.67. The van der Waals surface area contributed by atoms with Gasteiger partial charge in [-0.3, -0.25) is 0 Å². The molecule has 3 nitrogen and oxygen atoms in total. The lowest BCUT2D eigenvalue weighted by atomic mass is 9.94. The molecule has 0 saturated carbocycles. The molecule has 0 fully saturated rings. The summed E-state index contributed by atoms with van der Waals surface area (Å²) in [5, 5.41) is 0.645. The van der Waals surface area contributed by atoms with Gasteiger partial charge in [0.2, 0.25) is 0 Å². The quantitative estimate of drug-likeness (QED) is 0.852. The van der Waals surface area contributed by atoms with E-state index >= 15 is 0 Å². The van der Waals surface area contributed by atoms with E-state index in [0.29, 0.717) is 5.02 Å². The molecule has 17 heavy (non-hydrogen) atoms. The smallest absolute Gasteiger partial charge is 0.120 e. The predicted molar refractivity (Wildman–Crippen MR) is 72.4 cm³/mol. The summed E-state index contributed by atoms with van der Waals surface area (Å²) < 4.78 is 5.10. The van der Waals surface area contributed by atoms with E-state index in [1.807, 2.05) is 26.0 Å². The molecule has 0 aromatic heterocycles. The summed E-state index contributed by atoms with van der Waals surface area (Å²) in [6, 6.07) is 5.48. The van der Waals surface area contributed by atoms with Gasteiger partial charge < -0.3 is 16.2 Å². The minimum atomic E-state index is -0.198. The Balaban J connectivity index is 2.72. The van der Waals surface area contributed by atoms with Crippen LogP contribution in [0.3, 0.4) is 0 Å². The number of nitrogens with two attached hydrogens (primary N) is 2. The fraction of sp³-hybridized carbons (Fsp3) is 0.538. The van der Waals surface area contributed by atoms with Crippen LogP contribution in [0.5, 0.6) is 5.75 Å². The third kappa shape index (κ3) is 4.54. The van der Waals surface area contributed by atoms with E-state index in [-0.39, 0.29) is 11.6 Å². The Morgan fingerprint density at radius 1 is 1.41 bits per heavy atom. The second kappa shape index (κ2) is 5.71. The van der Waals surface area contributed by atoms with Crippen molar-refractivity contribution < 1.29 is 4.74 Å². The minimum Gasteiger partial charge on any atom is -0.497 e. The molecule has 0 aliphatic heterocycles. The SMILES string of the molecule is COc1ccc(C(N)CCC(C)(C)N)c(Cl)c1. The third-order valence-electron chi connectivity index (χ3n) is 2.71. The number of benzene rings is 1. The molecule has 1 aromatic carbocycles. The van der Waals surface area contributed by atoms with Crippen LogP contribution >= 0.6 is 11.6 Å². The van der Waals surface area contributed by atoms with Gasteiger partial charge in [0.25, 0.3) is 0 Å². The van der Waals surface area contributed by atoms with Crippen molar-refractivity contribution in [3.8, 4) is 5.75 Å². The average Bonchev–Trinajstić information content (AvgIpc) is 2.24. The van der Waals surface area contributed by atoms with Crippen molar-refractivity contribution in [2.45, 2.75) is 38.3 Å². The predicted octanol–water partition coefficient (Wildman–Crippen LogP) is 2.87. The Morgan fingerprint density at radius 2 is 2.06 bits per heavy atom. The van der Waals surface area contributed by atoms with E-state index in [2.05, 4.69) is 0 Å². The Morgan fingerprint density at radius 3 is 2.53 bits per heavy atom. The fourth-order valence-electron chi connectivity index (χ4n) is 1.62. The lowest BCUT2D eigenvalue weighted by Gasteiger charge is -2.21. The normalized spacial score (nSPS) is 13.5. The topological polar surface area (TPSA) is 61.3 Å². The highest BCUT2D eigenvalue weighted by Gasteiger charge is 2.16. The van der Waals surface area contributed by atoms with Crippen LogP contribution in [0.25, 0.3) is 0 Å². The maximum Gasteiger partial charge on any atom is 0.120 e. The highest BCUT2D eigenvalue weighted by Crippen LogP contribution is 2.29. The highest BCUT2D eigenvalue weighted by molar-refractivity contribution is 6.31. The van der Waals surface area contributed by atoms with Crippen LogP contribution in [-0.2, 0) is 0 Å². The first-order valence-corrected chi connectivity index (χ1v) is 6.09. The van der Waals surface area contributed by atoms with Crippen LogP contribution in [0.2, 0.25) is 5.02 Å². The van der Waals surface area contributed by atoms with Crippen molar-refractivity contribution in [2.24, 2.45) is 11.5 Å². The first-order valence-electron chi connectivity index (χ1n) is 5.71. The summed E-state index contributed by atoms with van der Waals surface area (Å²) in [5.41, 5.74) is 12.8. The van der Waals surface area contributed by atoms with Gasteiger partial charge in [0.15, 0.2) is 0 Å². The van der Waals surface area contributed by atoms with Gasteiger partial charge in [-0.25, -0.2) is 0 Å². The van der Waals surface area contributed by atoms with Crippen molar-refractivity contribution in [1.29, 1.82) is 0 Å². The van der Waals surface area contributed by atoms with Gasteiger partial charge in [-0.15, -0.1) is 0 Å². The first kappa shape index (κ1) is 14.3. The zero-order valence-electron chi connectivity index (χ0n) is 10.7. The molecule has 96 valence electrons. The average molecular weight is 257 g/mol. The highest BCUT2D eigenvalue weighted by atomic mass is 35.5. The number of rotatable bonds is 5. The Hall–Kier alpha value is -0.770. The molecule has 4 N–H and O–H groups in total. The third-order valence-corrected chi connectivity index (χ3v) is 3.03. The van der Waals surface area contributed by atoms with Gasteiger partial charge in [-0.1, -0.05) is 17.7 Å². The van der Waals surface area contributed by atoms with Crippen LogP contribution in [-0.4, -0.2) is 12.6 Å². The monoisotopic (exact) mass is 256 g/mol. The lowest BCUT2D eigenvalue weighted by Crippen LogP contribution is -2.32. The van der Waals surface area contributed by atoms with Gasteiger partial charge in [0.05, 0.1) is 7.11 Å². The zero-order valence-corrected chi connectivity index (χ0v) is 11.4. The molecular weight excluding hydrogens is 236 g/mol. The Bertz CT molecular complexity index is 374. The fourth-order valence-corrected chi connectivity index (χ4v) is 1.93. The second-order valence-electron chi connectivity index (χ2n) is 5.02. The maximum atomic E-state index is 6.16. The molecule has 1 aromatic rings. The van der Waals surface area contributed by atoms with Crippen molar-refractivity contribution in [3.63, 3.8) is 0 Å². The van der Waals surface area contributed by atoms with Crippen molar-refractivity contribution in [2.75, 3.05) is 7.11 Å². The summed E-state index contributed by atoms with van der Waals surface area (Å²) in [6.45, 7) is 3.99. The molecule has 1 rings (SSSR count). The Labute approximate surface area is 108 Å². The second-order valence-corrected chi connectivity index (χ2v) is 5.43. The standard InChI is InChI=1S/C13H21ClN2O/c1-13(2,16)7-6-12(15)10-5-4-9(17-3)8-11(10)14/h4-5,8,12H,6-7,15-16H2,1-3H3. The molecule has 0 radical (unpaired) electrons. The number of hydrogen-bond donors (Lipinski definition) is 2. The summed E-state index contributed by atoms with van der Waals surface area (Å²) in [7, 11) is 1.61. The summed E-state index contributed by atoms with van der Waals surface area (Å²) >= 11 is 6.16. The molecule has 0 amide bonds. The van der Waals surface area contributed by atoms with Crippen molar-refractivity contribution in [3.05, 3.63) is 28.8 Å². The molecule has 0 aliphatic rings. The molecule has 1 unspecified atom stereocenters. The number of ether oxygens (including phenoxy) is 1. The van der Waals surface area contributed by atoms with E-state index in [4.69, 9.17) is 27.8 Å². The molecule has 0 bridgehead atoms. The van der Waals surface area contributed by atoms with Gasteiger partial charge in [0.1, 0.15) is 5.75 Å². The summed E-state index contributed by atoms with van der Waals surface area (Å²) in [5.74, 6) is 0.741. The molecule has 4 heteroatoms. The molecule has 1 atom stereocenters. The number of hydrogen-bond acceptors (Lipinski definition) is 3. The van der Waals surface area contributed by atoms with E-state index < -0.39 is 0 Å². The van der Waals surface area contributed by atoms with Crippen molar-refractivity contribution >= 4 is 11.6 Å². The van der Waals surface area contributed by atoms with E-state index in [0.717, 1.165) is 24.2 Å². The molecular formula is C13H21ClN2O. The largest absolute Gasteiger partial charge is 0.497 e. The number of halogens is 1. The van der Waals surface area contributed by atoms with Gasteiger partial charge in [-0.05, 0) is 44.4 Å². The minimum absolute atomic E-state index is 0.0868.